The summed E-state index contributed by atoms with van der Waals surface area (Å²) in [6.45, 7) is 7.65. The predicted octanol–water partition coefficient (Wildman–Crippen LogP) is 1.72. The van der Waals surface area contributed by atoms with Gasteiger partial charge in [-0.2, -0.15) is 0 Å². The van der Waals surface area contributed by atoms with Gasteiger partial charge in [0.25, 0.3) is 0 Å². The highest BCUT2D eigenvalue weighted by Crippen LogP contribution is 2.24. The summed E-state index contributed by atoms with van der Waals surface area (Å²) in [6.07, 6.45) is 2.41. The molecule has 1 rings (SSSR count). The van der Waals surface area contributed by atoms with Gasteiger partial charge in [0, 0.05) is 25.8 Å². The second-order valence-electron chi connectivity index (χ2n) is 5.13. The van der Waals surface area contributed by atoms with E-state index in [0.717, 1.165) is 13.0 Å². The van der Waals surface area contributed by atoms with Crippen molar-refractivity contribution in [2.75, 3.05) is 36.6 Å². The van der Waals surface area contributed by atoms with Gasteiger partial charge in [-0.3, -0.25) is 0 Å². The van der Waals surface area contributed by atoms with E-state index in [4.69, 9.17) is 10.5 Å². The van der Waals surface area contributed by atoms with Gasteiger partial charge < -0.3 is 21.1 Å². The number of nitrogens with zero attached hydrogens (tertiary/aromatic N) is 2. The minimum atomic E-state index is -0.0875. The van der Waals surface area contributed by atoms with Gasteiger partial charge >= 0.3 is 0 Å². The fourth-order valence-electron chi connectivity index (χ4n) is 1.41. The van der Waals surface area contributed by atoms with Crippen molar-refractivity contribution < 1.29 is 4.74 Å². The Morgan fingerprint density at radius 1 is 1.28 bits per heavy atom. The first-order chi connectivity index (χ1) is 8.44. The number of rotatable bonds is 6. The molecule has 1 heterocycles. The van der Waals surface area contributed by atoms with Gasteiger partial charge in [-0.1, -0.05) is 0 Å². The van der Waals surface area contributed by atoms with Crippen LogP contribution < -0.4 is 16.4 Å². The van der Waals surface area contributed by atoms with Gasteiger partial charge in [0.05, 0.1) is 0 Å². The lowest BCUT2D eigenvalue weighted by Crippen LogP contribution is -2.27. The molecule has 0 fully saturated rings. The van der Waals surface area contributed by atoms with Crippen LogP contribution in [0.25, 0.3) is 0 Å². The SMILES string of the molecule is COCCCNc1ncnc(NC(C)(C)C)c1N. The maximum absolute atomic E-state index is 6.02. The van der Waals surface area contributed by atoms with Crippen molar-refractivity contribution in [3.8, 4) is 0 Å². The van der Waals surface area contributed by atoms with Crippen LogP contribution in [0.5, 0.6) is 0 Å². The molecule has 1 aromatic rings. The summed E-state index contributed by atoms with van der Waals surface area (Å²) in [5.74, 6) is 1.32. The molecule has 0 aliphatic heterocycles. The molecule has 6 nitrogen and oxygen atoms in total. The lowest BCUT2D eigenvalue weighted by molar-refractivity contribution is 0.198. The summed E-state index contributed by atoms with van der Waals surface area (Å²) in [4.78, 5) is 8.30. The zero-order chi connectivity index (χ0) is 13.6. The average molecular weight is 253 g/mol. The van der Waals surface area contributed by atoms with Gasteiger partial charge in [0.2, 0.25) is 0 Å². The van der Waals surface area contributed by atoms with E-state index in [9.17, 15) is 0 Å². The van der Waals surface area contributed by atoms with Gasteiger partial charge in [-0.05, 0) is 27.2 Å². The largest absolute Gasteiger partial charge is 0.393 e. The summed E-state index contributed by atoms with van der Waals surface area (Å²) >= 11 is 0. The molecule has 102 valence electrons. The zero-order valence-corrected chi connectivity index (χ0v) is 11.6. The normalized spacial score (nSPS) is 11.3. The maximum Gasteiger partial charge on any atom is 0.155 e. The van der Waals surface area contributed by atoms with Gasteiger partial charge in [0.15, 0.2) is 11.6 Å². The smallest absolute Gasteiger partial charge is 0.155 e. The first kappa shape index (κ1) is 14.5. The number of nitrogens with one attached hydrogen (secondary N) is 2. The van der Waals surface area contributed by atoms with Crippen LogP contribution in [0.15, 0.2) is 6.33 Å². The highest BCUT2D eigenvalue weighted by atomic mass is 16.5. The number of hydrogen-bond acceptors (Lipinski definition) is 6. The number of nitrogens with two attached hydrogens (primary N) is 1. The van der Waals surface area contributed by atoms with Crippen LogP contribution in [0, 0.1) is 0 Å². The van der Waals surface area contributed by atoms with Gasteiger partial charge in [-0.25, -0.2) is 9.97 Å². The Morgan fingerprint density at radius 2 is 1.94 bits per heavy atom. The Labute approximate surface area is 108 Å². The molecule has 0 atom stereocenters. The predicted molar refractivity (Wildman–Crippen MR) is 74.8 cm³/mol. The fraction of sp³-hybridized carbons (Fsp3) is 0.667. The number of hydrogen-bond donors (Lipinski definition) is 3. The summed E-state index contributed by atoms with van der Waals surface area (Å²) < 4.78 is 4.98. The number of anilines is 3. The second kappa shape index (κ2) is 6.39. The molecule has 0 spiro atoms. The molecule has 1 aromatic heterocycles. The third-order valence-electron chi connectivity index (χ3n) is 2.19. The van der Waals surface area contributed by atoms with Crippen LogP contribution in [0.4, 0.5) is 17.3 Å². The van der Waals surface area contributed by atoms with Crippen LogP contribution in [0.3, 0.4) is 0 Å². The van der Waals surface area contributed by atoms with Crippen molar-refractivity contribution in [2.24, 2.45) is 0 Å². The molecule has 6 heteroatoms. The Bertz CT molecular complexity index is 375. The van der Waals surface area contributed by atoms with E-state index in [0.29, 0.717) is 23.9 Å². The average Bonchev–Trinajstić information content (AvgIpc) is 2.27. The van der Waals surface area contributed by atoms with Crippen LogP contribution in [0.1, 0.15) is 27.2 Å². The van der Waals surface area contributed by atoms with E-state index in [1.165, 1.54) is 6.33 Å². The Kier molecular flexibility index (Phi) is 5.15. The number of aromatic nitrogens is 2. The van der Waals surface area contributed by atoms with E-state index < -0.39 is 0 Å². The van der Waals surface area contributed by atoms with Gasteiger partial charge in [0.1, 0.15) is 12.0 Å². The summed E-state index contributed by atoms with van der Waals surface area (Å²) in [7, 11) is 1.68. The molecular formula is C12H23N5O. The van der Waals surface area contributed by atoms with Gasteiger partial charge in [-0.15, -0.1) is 0 Å². The molecule has 0 aromatic carbocycles. The van der Waals surface area contributed by atoms with E-state index in [2.05, 4.69) is 41.4 Å². The highest BCUT2D eigenvalue weighted by Gasteiger charge is 2.14. The second-order valence-corrected chi connectivity index (χ2v) is 5.13. The van der Waals surface area contributed by atoms with Crippen LogP contribution >= 0.6 is 0 Å². The van der Waals surface area contributed by atoms with Crippen LogP contribution in [-0.4, -0.2) is 35.8 Å². The molecule has 0 bridgehead atoms. The Hall–Kier alpha value is -1.56. The minimum absolute atomic E-state index is 0.0875. The Balaban J connectivity index is 2.67. The molecule has 4 N–H and O–H groups in total. The molecule has 0 unspecified atom stereocenters. The molecule has 0 amide bonds. The number of ether oxygens (including phenoxy) is 1. The molecule has 0 saturated heterocycles. The molecule has 0 aliphatic rings. The monoisotopic (exact) mass is 253 g/mol. The lowest BCUT2D eigenvalue weighted by Gasteiger charge is -2.22. The Morgan fingerprint density at radius 3 is 2.56 bits per heavy atom. The third kappa shape index (κ3) is 4.75. The first-order valence-electron chi connectivity index (χ1n) is 6.05. The van der Waals surface area contributed by atoms with E-state index in [1.807, 2.05) is 0 Å². The molecule has 18 heavy (non-hydrogen) atoms. The number of methoxy groups -OCH3 is 1. The van der Waals surface area contributed by atoms with Crippen molar-refractivity contribution in [3.05, 3.63) is 6.33 Å². The molecular weight excluding hydrogens is 230 g/mol. The van der Waals surface area contributed by atoms with Crippen molar-refractivity contribution in [1.82, 2.24) is 9.97 Å². The first-order valence-corrected chi connectivity index (χ1v) is 6.05. The van der Waals surface area contributed by atoms with E-state index >= 15 is 0 Å². The fourth-order valence-corrected chi connectivity index (χ4v) is 1.41. The topological polar surface area (TPSA) is 85.1 Å². The van der Waals surface area contributed by atoms with Crippen LogP contribution in [-0.2, 0) is 4.74 Å². The minimum Gasteiger partial charge on any atom is -0.393 e. The van der Waals surface area contributed by atoms with Crippen molar-refractivity contribution in [3.63, 3.8) is 0 Å². The van der Waals surface area contributed by atoms with Crippen LogP contribution in [0.2, 0.25) is 0 Å². The van der Waals surface area contributed by atoms with Crippen molar-refractivity contribution in [2.45, 2.75) is 32.7 Å². The van der Waals surface area contributed by atoms with E-state index in [-0.39, 0.29) is 5.54 Å². The van der Waals surface area contributed by atoms with E-state index in [1.54, 1.807) is 7.11 Å². The lowest BCUT2D eigenvalue weighted by atomic mass is 10.1. The van der Waals surface area contributed by atoms with Crippen molar-refractivity contribution in [1.29, 1.82) is 0 Å². The third-order valence-corrected chi connectivity index (χ3v) is 2.19. The summed E-state index contributed by atoms with van der Waals surface area (Å²) in [5.41, 5.74) is 6.48. The summed E-state index contributed by atoms with van der Waals surface area (Å²) in [6, 6.07) is 0. The maximum atomic E-state index is 6.02. The molecule has 0 radical (unpaired) electrons. The molecule has 0 saturated carbocycles. The quantitative estimate of drug-likeness (QED) is 0.669. The van der Waals surface area contributed by atoms with Crippen molar-refractivity contribution >= 4 is 17.3 Å². The number of nitrogen functional groups attached to an aromatic ring is 1. The standard InChI is InChI=1S/C12H23N5O/c1-12(2,3)17-11-9(13)10(15-8-16-11)14-6-5-7-18-4/h8H,5-7,13H2,1-4H3,(H2,14,15,16,17). The molecule has 0 aliphatic carbocycles. The summed E-state index contributed by atoms with van der Waals surface area (Å²) in [5, 5.41) is 6.43. The highest BCUT2D eigenvalue weighted by molar-refractivity contribution is 5.74. The zero-order valence-electron chi connectivity index (χ0n) is 11.6.